The molecular weight excluding hydrogens is 507 g/mol. The van der Waals surface area contributed by atoms with Crippen molar-refractivity contribution in [2.24, 2.45) is 5.10 Å². The number of hydrazone groups is 1. The molecule has 0 saturated carbocycles. The molecule has 184 valence electrons. The zero-order valence-electron chi connectivity index (χ0n) is 19.3. The summed E-state index contributed by atoms with van der Waals surface area (Å²) in [4.78, 5) is 0.150. The van der Waals surface area contributed by atoms with Crippen molar-refractivity contribution in [2.75, 3.05) is 23.9 Å². The predicted molar refractivity (Wildman–Crippen MR) is 142 cm³/mol. The van der Waals surface area contributed by atoms with Gasteiger partial charge in [0.25, 0.3) is 0 Å². The van der Waals surface area contributed by atoms with Gasteiger partial charge in [0.2, 0.25) is 10.0 Å². The van der Waals surface area contributed by atoms with Gasteiger partial charge < -0.3 is 10.5 Å². The van der Waals surface area contributed by atoms with Gasteiger partial charge in [-0.3, -0.25) is 5.01 Å². The quantitative estimate of drug-likeness (QED) is 0.369. The maximum atomic E-state index is 13.0. The third kappa shape index (κ3) is 5.73. The highest BCUT2D eigenvalue weighted by Gasteiger charge is 2.31. The van der Waals surface area contributed by atoms with Gasteiger partial charge in [0.1, 0.15) is 5.75 Å². The first-order valence-electron chi connectivity index (χ1n) is 11.1. The van der Waals surface area contributed by atoms with Crippen LogP contribution < -0.4 is 20.2 Å². The number of sulfonamides is 1. The van der Waals surface area contributed by atoms with E-state index in [1.165, 1.54) is 6.07 Å². The van der Waals surface area contributed by atoms with E-state index in [-0.39, 0.29) is 17.5 Å². The van der Waals surface area contributed by atoms with E-state index in [0.29, 0.717) is 45.7 Å². The maximum Gasteiger partial charge on any atom is 0.241 e. The molecule has 0 aliphatic carbocycles. The molecule has 3 aromatic carbocycles. The summed E-state index contributed by atoms with van der Waals surface area (Å²) in [5.74, 6) is 0.775. The van der Waals surface area contributed by atoms with Crippen molar-refractivity contribution < 1.29 is 13.2 Å². The zero-order valence-corrected chi connectivity index (χ0v) is 21.7. The highest BCUT2D eigenvalue weighted by atomic mass is 35.5. The molecule has 4 rings (SSSR count). The summed E-state index contributed by atoms with van der Waals surface area (Å²) in [6, 6.07) is 17.6. The molecule has 0 amide bonds. The number of hydrogen-bond acceptors (Lipinski definition) is 6. The molecule has 3 N–H and O–H groups in total. The Kier molecular flexibility index (Phi) is 7.56. The Bertz CT molecular complexity index is 1360. The molecule has 0 radical (unpaired) electrons. The molecule has 0 spiro atoms. The first-order chi connectivity index (χ1) is 16.7. The summed E-state index contributed by atoms with van der Waals surface area (Å²) in [5.41, 5.74) is 9.14. The molecule has 1 atom stereocenters. The highest BCUT2D eigenvalue weighted by molar-refractivity contribution is 7.89. The largest absolute Gasteiger partial charge is 0.494 e. The smallest absolute Gasteiger partial charge is 0.241 e. The summed E-state index contributed by atoms with van der Waals surface area (Å²) >= 11 is 12.6. The molecule has 3 aromatic rings. The van der Waals surface area contributed by atoms with Crippen LogP contribution in [0, 0.1) is 6.92 Å². The average Bonchev–Trinajstić information content (AvgIpc) is 3.24. The lowest BCUT2D eigenvalue weighted by molar-refractivity contribution is 0.340. The fourth-order valence-electron chi connectivity index (χ4n) is 3.94. The number of nitrogens with one attached hydrogen (secondary N) is 1. The lowest BCUT2D eigenvalue weighted by Gasteiger charge is -2.25. The van der Waals surface area contributed by atoms with Crippen molar-refractivity contribution >= 4 is 50.3 Å². The number of nitrogen functional groups attached to an aromatic ring is 1. The van der Waals surface area contributed by atoms with E-state index in [2.05, 4.69) is 4.72 Å². The van der Waals surface area contributed by atoms with Crippen LogP contribution in [0.4, 0.5) is 11.4 Å². The number of benzene rings is 3. The normalized spacial score (nSPS) is 15.8. The Hall–Kier alpha value is -2.78. The minimum Gasteiger partial charge on any atom is -0.494 e. The van der Waals surface area contributed by atoms with E-state index in [9.17, 15) is 8.42 Å². The number of anilines is 2. The van der Waals surface area contributed by atoms with Gasteiger partial charge in [0, 0.05) is 17.1 Å². The van der Waals surface area contributed by atoms with Crippen molar-refractivity contribution in [2.45, 2.75) is 31.2 Å². The minimum atomic E-state index is -3.78. The SMILES string of the molecule is CCOc1ccc(C2CC(CNS(=O)(=O)c3cc(N)ccc3C)=NN2c2ccc(Cl)cc2Cl)cc1. The molecule has 1 aliphatic rings. The van der Waals surface area contributed by atoms with Gasteiger partial charge in [0.05, 0.1) is 40.5 Å². The first-order valence-corrected chi connectivity index (χ1v) is 13.3. The van der Waals surface area contributed by atoms with E-state index in [1.807, 2.05) is 36.2 Å². The third-order valence-corrected chi connectivity index (χ3v) is 7.75. The lowest BCUT2D eigenvalue weighted by Crippen LogP contribution is -2.29. The molecule has 7 nitrogen and oxygen atoms in total. The Labute approximate surface area is 215 Å². The van der Waals surface area contributed by atoms with Crippen LogP contribution in [-0.2, 0) is 10.0 Å². The minimum absolute atomic E-state index is 0.0474. The second-order valence-electron chi connectivity index (χ2n) is 8.18. The van der Waals surface area contributed by atoms with Gasteiger partial charge in [-0.15, -0.1) is 0 Å². The van der Waals surface area contributed by atoms with Gasteiger partial charge in [-0.25, -0.2) is 13.1 Å². The number of hydrogen-bond donors (Lipinski definition) is 2. The van der Waals surface area contributed by atoms with Crippen molar-refractivity contribution in [1.82, 2.24) is 4.72 Å². The molecular formula is C25H26Cl2N4O3S. The predicted octanol–water partition coefficient (Wildman–Crippen LogP) is 5.57. The van der Waals surface area contributed by atoms with E-state index in [4.69, 9.17) is 38.8 Å². The Balaban J connectivity index is 1.62. The Morgan fingerprint density at radius 3 is 2.54 bits per heavy atom. The molecule has 0 saturated heterocycles. The Morgan fingerprint density at radius 2 is 1.86 bits per heavy atom. The van der Waals surface area contributed by atoms with Crippen molar-refractivity contribution in [1.29, 1.82) is 0 Å². The lowest BCUT2D eigenvalue weighted by atomic mass is 10.0. The number of halogens is 2. The molecule has 1 unspecified atom stereocenters. The van der Waals surface area contributed by atoms with E-state index in [0.717, 1.165) is 11.3 Å². The number of nitrogens with zero attached hydrogens (tertiary/aromatic N) is 2. The molecule has 0 aromatic heterocycles. The molecule has 1 heterocycles. The fraction of sp³-hybridized carbons (Fsp3) is 0.240. The monoisotopic (exact) mass is 532 g/mol. The van der Waals surface area contributed by atoms with Gasteiger partial charge in [-0.05, 0) is 67.4 Å². The second kappa shape index (κ2) is 10.5. The highest BCUT2D eigenvalue weighted by Crippen LogP contribution is 2.40. The number of nitrogens with two attached hydrogens (primary N) is 1. The molecule has 0 fully saturated rings. The van der Waals surface area contributed by atoms with Crippen LogP contribution >= 0.6 is 23.2 Å². The van der Waals surface area contributed by atoms with Crippen molar-refractivity contribution in [3.8, 4) is 5.75 Å². The van der Waals surface area contributed by atoms with E-state index < -0.39 is 10.0 Å². The number of ether oxygens (including phenoxy) is 1. The van der Waals surface area contributed by atoms with Crippen LogP contribution in [0.25, 0.3) is 0 Å². The summed E-state index contributed by atoms with van der Waals surface area (Å²) in [5, 5.41) is 7.52. The second-order valence-corrected chi connectivity index (χ2v) is 10.8. The molecule has 35 heavy (non-hydrogen) atoms. The van der Waals surface area contributed by atoms with Gasteiger partial charge in [-0.2, -0.15) is 5.10 Å². The maximum absolute atomic E-state index is 13.0. The summed E-state index contributed by atoms with van der Waals surface area (Å²) in [6.07, 6.45) is 0.505. The average molecular weight is 533 g/mol. The van der Waals surface area contributed by atoms with Crippen molar-refractivity contribution in [3.63, 3.8) is 0 Å². The first kappa shape index (κ1) is 25.3. The molecule has 0 bridgehead atoms. The summed E-state index contributed by atoms with van der Waals surface area (Å²) in [7, 11) is -3.78. The third-order valence-electron chi connectivity index (χ3n) is 5.67. The van der Waals surface area contributed by atoms with Crippen LogP contribution in [0.2, 0.25) is 10.0 Å². The van der Waals surface area contributed by atoms with Gasteiger partial charge in [-0.1, -0.05) is 41.4 Å². The fourth-order valence-corrected chi connectivity index (χ4v) is 5.73. The van der Waals surface area contributed by atoms with Crippen molar-refractivity contribution in [3.05, 3.63) is 81.8 Å². The van der Waals surface area contributed by atoms with Crippen LogP contribution in [0.3, 0.4) is 0 Å². The zero-order chi connectivity index (χ0) is 25.2. The van der Waals surface area contributed by atoms with Gasteiger partial charge >= 0.3 is 0 Å². The summed E-state index contributed by atoms with van der Waals surface area (Å²) in [6.45, 7) is 4.29. The van der Waals surface area contributed by atoms with Crippen LogP contribution in [-0.4, -0.2) is 27.3 Å². The summed E-state index contributed by atoms with van der Waals surface area (Å²) < 4.78 is 34.2. The molecule has 1 aliphatic heterocycles. The van der Waals surface area contributed by atoms with Crippen LogP contribution in [0.5, 0.6) is 5.75 Å². The van der Waals surface area contributed by atoms with E-state index >= 15 is 0 Å². The number of aryl methyl sites for hydroxylation is 1. The van der Waals surface area contributed by atoms with Crippen LogP contribution in [0.1, 0.15) is 30.5 Å². The standard InChI is InChI=1S/C25H26Cl2N4O3S/c1-3-34-21-9-5-17(6-10-21)24-14-20(30-31(24)23-11-7-18(26)12-22(23)27)15-29-35(32,33)25-13-19(28)8-4-16(25)2/h4-13,24,29H,3,14-15,28H2,1-2H3. The Morgan fingerprint density at radius 1 is 1.11 bits per heavy atom. The molecule has 10 heteroatoms. The van der Waals surface area contributed by atoms with Gasteiger partial charge in [0.15, 0.2) is 0 Å². The number of rotatable bonds is 8. The topological polar surface area (TPSA) is 97.0 Å². The van der Waals surface area contributed by atoms with E-state index in [1.54, 1.807) is 37.3 Å². The van der Waals surface area contributed by atoms with Crippen LogP contribution in [0.15, 0.2) is 70.7 Å².